The molecule has 0 heterocycles. The Balaban J connectivity index is 2.87. The first-order valence-corrected chi connectivity index (χ1v) is 4.86. The van der Waals surface area contributed by atoms with Gasteiger partial charge in [-0.05, 0) is 12.1 Å². The first-order valence-electron chi connectivity index (χ1n) is 4.86. The maximum atomic E-state index is 11.4. The van der Waals surface area contributed by atoms with Gasteiger partial charge in [0, 0.05) is 13.0 Å². The van der Waals surface area contributed by atoms with Crippen LogP contribution < -0.4 is 11.1 Å². The average Bonchev–Trinajstić information content (AvgIpc) is 2.29. The zero-order valence-corrected chi connectivity index (χ0v) is 9.03. The number of rotatable bonds is 4. The van der Waals surface area contributed by atoms with Gasteiger partial charge in [-0.25, -0.2) is 4.79 Å². The molecule has 0 aliphatic heterocycles. The third-order valence-electron chi connectivity index (χ3n) is 1.98. The van der Waals surface area contributed by atoms with Crippen molar-refractivity contribution in [3.8, 4) is 0 Å². The second-order valence-corrected chi connectivity index (χ2v) is 3.12. The fraction of sp³-hybridized carbons (Fsp3) is 0.273. The number of benzene rings is 1. The molecular formula is C11H14N2O3. The first-order chi connectivity index (χ1) is 7.69. The molecule has 1 aromatic rings. The molecule has 5 nitrogen and oxygen atoms in total. The van der Waals surface area contributed by atoms with Crippen LogP contribution in [0.4, 0.5) is 5.69 Å². The second kappa shape index (κ2) is 5.87. The third-order valence-corrected chi connectivity index (χ3v) is 1.98. The van der Waals surface area contributed by atoms with Crippen molar-refractivity contribution < 1.29 is 14.3 Å². The van der Waals surface area contributed by atoms with Crippen molar-refractivity contribution in [1.29, 1.82) is 0 Å². The molecule has 1 amide bonds. The van der Waals surface area contributed by atoms with E-state index in [9.17, 15) is 9.59 Å². The summed E-state index contributed by atoms with van der Waals surface area (Å²) in [4.78, 5) is 22.7. The number of nitrogens with one attached hydrogen (secondary N) is 1. The zero-order valence-electron chi connectivity index (χ0n) is 9.03. The lowest BCUT2D eigenvalue weighted by molar-refractivity contribution is -0.116. The summed E-state index contributed by atoms with van der Waals surface area (Å²) in [5.41, 5.74) is 6.02. The molecule has 0 fully saturated rings. The van der Waals surface area contributed by atoms with E-state index in [1.807, 2.05) is 0 Å². The molecule has 0 atom stereocenters. The predicted octanol–water partition coefficient (Wildman–Crippen LogP) is 0.760. The van der Waals surface area contributed by atoms with Crippen molar-refractivity contribution in [2.45, 2.75) is 6.42 Å². The van der Waals surface area contributed by atoms with E-state index in [4.69, 9.17) is 5.73 Å². The standard InChI is InChI=1S/C11H14N2O3/c1-16-11(15)8-4-2-3-5-9(8)13-10(14)6-7-12/h2-5H,6-7,12H2,1H3,(H,13,14). The highest BCUT2D eigenvalue weighted by molar-refractivity contribution is 6.01. The Labute approximate surface area is 93.6 Å². The Morgan fingerprint density at radius 3 is 2.69 bits per heavy atom. The minimum absolute atomic E-state index is 0.218. The largest absolute Gasteiger partial charge is 0.465 e. The summed E-state index contributed by atoms with van der Waals surface area (Å²) in [6, 6.07) is 6.65. The highest BCUT2D eigenvalue weighted by Gasteiger charge is 2.12. The fourth-order valence-electron chi connectivity index (χ4n) is 1.22. The van der Waals surface area contributed by atoms with E-state index in [0.717, 1.165) is 0 Å². The van der Waals surface area contributed by atoms with Crippen LogP contribution in [0.5, 0.6) is 0 Å². The number of hydrogen-bond acceptors (Lipinski definition) is 4. The lowest BCUT2D eigenvalue weighted by atomic mass is 10.1. The van der Waals surface area contributed by atoms with E-state index in [-0.39, 0.29) is 18.9 Å². The molecule has 0 spiro atoms. The van der Waals surface area contributed by atoms with Gasteiger partial charge in [0.2, 0.25) is 5.91 Å². The third kappa shape index (κ3) is 3.06. The molecule has 0 aliphatic rings. The Hall–Kier alpha value is -1.88. The molecule has 0 saturated carbocycles. The Kier molecular flexibility index (Phi) is 4.47. The van der Waals surface area contributed by atoms with Crippen LogP contribution in [0.1, 0.15) is 16.8 Å². The SMILES string of the molecule is COC(=O)c1ccccc1NC(=O)CCN. The number of carbonyl (C=O) groups is 2. The summed E-state index contributed by atoms with van der Waals surface area (Å²) in [7, 11) is 1.29. The molecule has 1 rings (SSSR count). The fourth-order valence-corrected chi connectivity index (χ4v) is 1.22. The molecule has 0 aromatic heterocycles. The molecule has 1 aromatic carbocycles. The van der Waals surface area contributed by atoms with Crippen LogP contribution in [-0.4, -0.2) is 25.5 Å². The molecule has 0 aliphatic carbocycles. The molecule has 0 bridgehead atoms. The number of amides is 1. The van der Waals surface area contributed by atoms with Crippen LogP contribution in [0.3, 0.4) is 0 Å². The number of carbonyl (C=O) groups excluding carboxylic acids is 2. The highest BCUT2D eigenvalue weighted by atomic mass is 16.5. The van der Waals surface area contributed by atoms with Gasteiger partial charge in [-0.1, -0.05) is 12.1 Å². The number of ether oxygens (including phenoxy) is 1. The molecule has 3 N–H and O–H groups in total. The number of anilines is 1. The predicted molar refractivity (Wildman–Crippen MR) is 60.1 cm³/mol. The summed E-state index contributed by atoms with van der Waals surface area (Å²) < 4.78 is 4.60. The van der Waals surface area contributed by atoms with Crippen molar-refractivity contribution in [2.75, 3.05) is 19.0 Å². The second-order valence-electron chi connectivity index (χ2n) is 3.12. The normalized spacial score (nSPS) is 9.62. The summed E-state index contributed by atoms with van der Waals surface area (Å²) in [5.74, 6) is -0.706. The van der Waals surface area contributed by atoms with E-state index in [1.165, 1.54) is 7.11 Å². The van der Waals surface area contributed by atoms with Crippen molar-refractivity contribution in [3.63, 3.8) is 0 Å². The van der Waals surface area contributed by atoms with Gasteiger partial charge in [0.05, 0.1) is 18.4 Å². The van der Waals surface area contributed by atoms with Crippen LogP contribution in [0, 0.1) is 0 Å². The smallest absolute Gasteiger partial charge is 0.339 e. The summed E-state index contributed by atoms with van der Waals surface area (Å²) >= 11 is 0. The molecule has 0 unspecified atom stereocenters. The van der Waals surface area contributed by atoms with E-state index in [0.29, 0.717) is 11.3 Å². The molecule has 5 heteroatoms. The molecule has 0 radical (unpaired) electrons. The Morgan fingerprint density at radius 2 is 2.06 bits per heavy atom. The zero-order chi connectivity index (χ0) is 12.0. The molecule has 86 valence electrons. The summed E-state index contributed by atoms with van der Waals surface area (Å²) in [6.07, 6.45) is 0.218. The van der Waals surface area contributed by atoms with Crippen LogP contribution in [0.2, 0.25) is 0 Å². The van der Waals surface area contributed by atoms with Crippen molar-refractivity contribution in [3.05, 3.63) is 29.8 Å². The molecule has 0 saturated heterocycles. The van der Waals surface area contributed by atoms with Gasteiger partial charge in [0.25, 0.3) is 0 Å². The van der Waals surface area contributed by atoms with E-state index >= 15 is 0 Å². The van der Waals surface area contributed by atoms with Gasteiger partial charge in [0.1, 0.15) is 0 Å². The lowest BCUT2D eigenvalue weighted by Crippen LogP contribution is -2.18. The lowest BCUT2D eigenvalue weighted by Gasteiger charge is -2.08. The maximum Gasteiger partial charge on any atom is 0.339 e. The highest BCUT2D eigenvalue weighted by Crippen LogP contribution is 2.15. The number of esters is 1. The van der Waals surface area contributed by atoms with Gasteiger partial charge in [-0.2, -0.15) is 0 Å². The van der Waals surface area contributed by atoms with Crippen LogP contribution >= 0.6 is 0 Å². The van der Waals surface area contributed by atoms with Gasteiger partial charge < -0.3 is 15.8 Å². The molecule has 16 heavy (non-hydrogen) atoms. The number of methoxy groups -OCH3 is 1. The number of hydrogen-bond donors (Lipinski definition) is 2. The van der Waals surface area contributed by atoms with Gasteiger partial charge >= 0.3 is 5.97 Å². The van der Waals surface area contributed by atoms with Crippen LogP contribution in [-0.2, 0) is 9.53 Å². The van der Waals surface area contributed by atoms with Gasteiger partial charge in [-0.15, -0.1) is 0 Å². The topological polar surface area (TPSA) is 81.4 Å². The minimum atomic E-state index is -0.483. The van der Waals surface area contributed by atoms with Crippen LogP contribution in [0.15, 0.2) is 24.3 Å². The van der Waals surface area contributed by atoms with Gasteiger partial charge in [0.15, 0.2) is 0 Å². The molecular weight excluding hydrogens is 208 g/mol. The summed E-state index contributed by atoms with van der Waals surface area (Å²) in [5, 5.41) is 2.61. The monoisotopic (exact) mass is 222 g/mol. The number of para-hydroxylation sites is 1. The van der Waals surface area contributed by atoms with E-state index < -0.39 is 5.97 Å². The van der Waals surface area contributed by atoms with E-state index in [2.05, 4.69) is 10.1 Å². The minimum Gasteiger partial charge on any atom is -0.465 e. The van der Waals surface area contributed by atoms with Crippen molar-refractivity contribution in [1.82, 2.24) is 0 Å². The Bertz CT molecular complexity index is 391. The van der Waals surface area contributed by atoms with Gasteiger partial charge in [-0.3, -0.25) is 4.79 Å². The van der Waals surface area contributed by atoms with Crippen molar-refractivity contribution >= 4 is 17.6 Å². The Morgan fingerprint density at radius 1 is 1.38 bits per heavy atom. The summed E-state index contributed by atoms with van der Waals surface area (Å²) in [6.45, 7) is 0.270. The first kappa shape index (κ1) is 12.2. The quantitative estimate of drug-likeness (QED) is 0.737. The van der Waals surface area contributed by atoms with Crippen molar-refractivity contribution in [2.24, 2.45) is 5.73 Å². The van der Waals surface area contributed by atoms with E-state index in [1.54, 1.807) is 24.3 Å². The maximum absolute atomic E-state index is 11.4. The number of nitrogens with two attached hydrogens (primary N) is 1. The average molecular weight is 222 g/mol. The van der Waals surface area contributed by atoms with Crippen LogP contribution in [0.25, 0.3) is 0 Å².